The summed E-state index contributed by atoms with van der Waals surface area (Å²) in [6, 6.07) is 0.982. The third kappa shape index (κ3) is 6.79. The normalized spacial score (nSPS) is 14.8. The van der Waals surface area contributed by atoms with E-state index in [-0.39, 0.29) is 6.10 Å². The second-order valence-electron chi connectivity index (χ2n) is 3.64. The Labute approximate surface area is 75.8 Å². The average Bonchev–Trinajstić information content (AvgIpc) is 1.98. The fourth-order valence-electron chi connectivity index (χ4n) is 0.674. The largest absolute Gasteiger partial charge is 0.420 e. The minimum absolute atomic E-state index is 0.364. The quantitative estimate of drug-likeness (QED) is 0.508. The number of hydrogen-bond acceptors (Lipinski definition) is 3. The van der Waals surface area contributed by atoms with Gasteiger partial charge in [-0.2, -0.15) is 0 Å². The van der Waals surface area contributed by atoms with E-state index in [1.54, 1.807) is 14.0 Å². The second-order valence-corrected chi connectivity index (χ2v) is 8.07. The molecule has 0 heterocycles. The SMILES string of the molecule is CO[Si](C)(C)CCOCC(C)O. The Morgan fingerprint density at radius 2 is 2.00 bits per heavy atom. The van der Waals surface area contributed by atoms with Crippen molar-refractivity contribution in [3.05, 3.63) is 0 Å². The summed E-state index contributed by atoms with van der Waals surface area (Å²) in [5.41, 5.74) is 0. The third-order valence-electron chi connectivity index (χ3n) is 1.76. The molecule has 0 aromatic rings. The topological polar surface area (TPSA) is 38.7 Å². The standard InChI is InChI=1S/C8H20O3Si/c1-8(9)7-11-5-6-12(3,4)10-2/h8-9H,5-7H2,1-4H3. The van der Waals surface area contributed by atoms with Gasteiger partial charge in [0.25, 0.3) is 0 Å². The molecule has 0 rings (SSSR count). The molecule has 3 nitrogen and oxygen atoms in total. The van der Waals surface area contributed by atoms with E-state index < -0.39 is 8.32 Å². The maximum absolute atomic E-state index is 8.89. The molecule has 1 N–H and O–H groups in total. The minimum Gasteiger partial charge on any atom is -0.420 e. The van der Waals surface area contributed by atoms with Crippen LogP contribution in [0.2, 0.25) is 19.1 Å². The van der Waals surface area contributed by atoms with Crippen molar-refractivity contribution in [2.24, 2.45) is 0 Å². The molecule has 0 saturated carbocycles. The summed E-state index contributed by atoms with van der Waals surface area (Å²) in [4.78, 5) is 0. The van der Waals surface area contributed by atoms with Gasteiger partial charge in [0.05, 0.1) is 12.7 Å². The van der Waals surface area contributed by atoms with E-state index in [4.69, 9.17) is 14.3 Å². The average molecular weight is 192 g/mol. The summed E-state index contributed by atoms with van der Waals surface area (Å²) in [6.07, 6.45) is -0.364. The lowest BCUT2D eigenvalue weighted by molar-refractivity contribution is 0.0514. The Hall–Kier alpha value is 0.0969. The molecule has 12 heavy (non-hydrogen) atoms. The molecule has 0 radical (unpaired) electrons. The number of ether oxygens (including phenoxy) is 1. The molecule has 0 spiro atoms. The summed E-state index contributed by atoms with van der Waals surface area (Å²) >= 11 is 0. The van der Waals surface area contributed by atoms with Crippen molar-refractivity contribution < 1.29 is 14.3 Å². The molecule has 0 aliphatic heterocycles. The van der Waals surface area contributed by atoms with Crippen molar-refractivity contribution in [3.63, 3.8) is 0 Å². The Balaban J connectivity index is 3.31. The minimum atomic E-state index is -1.46. The lowest BCUT2D eigenvalue weighted by atomic mass is 10.4. The first-order chi connectivity index (χ1) is 5.48. The van der Waals surface area contributed by atoms with E-state index >= 15 is 0 Å². The van der Waals surface area contributed by atoms with Gasteiger partial charge in [0.15, 0.2) is 8.32 Å². The third-order valence-corrected chi connectivity index (χ3v) is 4.27. The molecule has 74 valence electrons. The Morgan fingerprint density at radius 1 is 1.42 bits per heavy atom. The van der Waals surface area contributed by atoms with Gasteiger partial charge in [-0.1, -0.05) is 0 Å². The van der Waals surface area contributed by atoms with Gasteiger partial charge < -0.3 is 14.3 Å². The van der Waals surface area contributed by atoms with Crippen LogP contribution in [0.1, 0.15) is 6.92 Å². The maximum Gasteiger partial charge on any atom is 0.188 e. The van der Waals surface area contributed by atoms with Crippen molar-refractivity contribution in [1.29, 1.82) is 0 Å². The molecule has 0 aliphatic rings. The zero-order chi connectivity index (χ0) is 9.61. The Morgan fingerprint density at radius 3 is 2.42 bits per heavy atom. The van der Waals surface area contributed by atoms with Gasteiger partial charge in [-0.25, -0.2) is 0 Å². The van der Waals surface area contributed by atoms with Crippen LogP contribution in [0.5, 0.6) is 0 Å². The molecule has 0 aromatic carbocycles. The predicted molar refractivity (Wildman–Crippen MR) is 51.8 cm³/mol. The summed E-state index contributed by atoms with van der Waals surface area (Å²) < 4.78 is 10.6. The van der Waals surface area contributed by atoms with Crippen LogP contribution in [0.25, 0.3) is 0 Å². The monoisotopic (exact) mass is 192 g/mol. The smallest absolute Gasteiger partial charge is 0.188 e. The van der Waals surface area contributed by atoms with Crippen LogP contribution in [0.15, 0.2) is 0 Å². The molecule has 1 atom stereocenters. The number of aliphatic hydroxyl groups excluding tert-OH is 1. The van der Waals surface area contributed by atoms with Gasteiger partial charge >= 0.3 is 0 Å². The molecule has 0 aromatic heterocycles. The molecule has 0 fully saturated rings. The van der Waals surface area contributed by atoms with E-state index in [9.17, 15) is 0 Å². The van der Waals surface area contributed by atoms with Crippen LogP contribution in [0.4, 0.5) is 0 Å². The fourth-order valence-corrected chi connectivity index (χ4v) is 1.51. The lowest BCUT2D eigenvalue weighted by Gasteiger charge is -2.19. The van der Waals surface area contributed by atoms with Crippen LogP contribution in [0, 0.1) is 0 Å². The number of rotatable bonds is 6. The molecular formula is C8H20O3Si. The molecule has 1 unspecified atom stereocenters. The van der Waals surface area contributed by atoms with Crippen LogP contribution < -0.4 is 0 Å². The van der Waals surface area contributed by atoms with E-state index in [1.165, 1.54) is 0 Å². The van der Waals surface area contributed by atoms with E-state index in [2.05, 4.69) is 13.1 Å². The first kappa shape index (κ1) is 12.1. The Bertz CT molecular complexity index is 115. The highest BCUT2D eigenvalue weighted by atomic mass is 28.4. The molecule has 0 aliphatic carbocycles. The number of hydrogen-bond donors (Lipinski definition) is 1. The van der Waals surface area contributed by atoms with Crippen molar-refractivity contribution >= 4 is 8.32 Å². The van der Waals surface area contributed by atoms with Crippen molar-refractivity contribution in [2.75, 3.05) is 20.3 Å². The highest BCUT2D eigenvalue weighted by molar-refractivity contribution is 6.71. The summed E-state index contributed by atoms with van der Waals surface area (Å²) in [7, 11) is 0.295. The van der Waals surface area contributed by atoms with Crippen molar-refractivity contribution in [1.82, 2.24) is 0 Å². The molecule has 0 bridgehead atoms. The van der Waals surface area contributed by atoms with Crippen LogP contribution in [0.3, 0.4) is 0 Å². The highest BCUT2D eigenvalue weighted by Gasteiger charge is 2.19. The first-order valence-electron chi connectivity index (χ1n) is 4.29. The van der Waals surface area contributed by atoms with Crippen molar-refractivity contribution in [2.45, 2.75) is 32.2 Å². The van der Waals surface area contributed by atoms with Gasteiger partial charge in [0.1, 0.15) is 0 Å². The summed E-state index contributed by atoms with van der Waals surface area (Å²) in [5.74, 6) is 0. The van der Waals surface area contributed by atoms with E-state index in [0.717, 1.165) is 6.04 Å². The van der Waals surface area contributed by atoms with Gasteiger partial charge in [-0.15, -0.1) is 0 Å². The highest BCUT2D eigenvalue weighted by Crippen LogP contribution is 2.08. The zero-order valence-electron chi connectivity index (χ0n) is 8.46. The van der Waals surface area contributed by atoms with Gasteiger partial charge in [0, 0.05) is 13.7 Å². The van der Waals surface area contributed by atoms with Gasteiger partial charge in [-0.05, 0) is 26.1 Å². The second kappa shape index (κ2) is 5.69. The van der Waals surface area contributed by atoms with Crippen molar-refractivity contribution in [3.8, 4) is 0 Å². The summed E-state index contributed by atoms with van der Waals surface area (Å²) in [5, 5.41) is 8.89. The van der Waals surface area contributed by atoms with Gasteiger partial charge in [0.2, 0.25) is 0 Å². The number of aliphatic hydroxyl groups is 1. The van der Waals surface area contributed by atoms with Gasteiger partial charge in [-0.3, -0.25) is 0 Å². The van der Waals surface area contributed by atoms with E-state index in [0.29, 0.717) is 13.2 Å². The molecule has 0 amide bonds. The molecule has 4 heteroatoms. The first-order valence-corrected chi connectivity index (χ1v) is 7.40. The van der Waals surface area contributed by atoms with Crippen LogP contribution in [-0.2, 0) is 9.16 Å². The fraction of sp³-hybridized carbons (Fsp3) is 1.00. The zero-order valence-corrected chi connectivity index (χ0v) is 9.46. The van der Waals surface area contributed by atoms with Crippen LogP contribution >= 0.6 is 0 Å². The van der Waals surface area contributed by atoms with E-state index in [1.807, 2.05) is 0 Å². The summed E-state index contributed by atoms with van der Waals surface area (Å²) in [6.45, 7) is 7.14. The molecule has 0 saturated heterocycles. The lowest BCUT2D eigenvalue weighted by Crippen LogP contribution is -2.30. The predicted octanol–water partition coefficient (Wildman–Crippen LogP) is 1.24. The molecular weight excluding hydrogens is 172 g/mol. The van der Waals surface area contributed by atoms with Crippen LogP contribution in [-0.4, -0.2) is 39.9 Å². The maximum atomic E-state index is 8.89. The Kier molecular flexibility index (Phi) is 5.74.